The summed E-state index contributed by atoms with van der Waals surface area (Å²) in [6.07, 6.45) is 0. The molecule has 0 saturated carbocycles. The van der Waals surface area contributed by atoms with Crippen LogP contribution in [0, 0.1) is 17.5 Å². The van der Waals surface area contributed by atoms with Gasteiger partial charge >= 0.3 is 0 Å². The Bertz CT molecular complexity index is 1150. The molecule has 10 heteroatoms. The summed E-state index contributed by atoms with van der Waals surface area (Å²) in [6, 6.07) is 8.78. The van der Waals surface area contributed by atoms with Gasteiger partial charge in [-0.1, -0.05) is 12.1 Å². The van der Waals surface area contributed by atoms with Crippen LogP contribution in [-0.2, 0) is 22.7 Å². The number of para-hydroxylation sites is 2. The molecule has 1 heterocycles. The highest BCUT2D eigenvalue weighted by Gasteiger charge is 2.22. The number of aromatic nitrogens is 2. The molecule has 0 fully saturated rings. The van der Waals surface area contributed by atoms with Crippen molar-refractivity contribution in [2.75, 3.05) is 18.9 Å². The highest BCUT2D eigenvalue weighted by Crippen LogP contribution is 2.20. The molecular formula is C22H24F3N5O2. The molecule has 2 N–H and O–H groups in total. The van der Waals surface area contributed by atoms with Crippen molar-refractivity contribution < 1.29 is 22.8 Å². The third-order valence-corrected chi connectivity index (χ3v) is 5.21. The fourth-order valence-electron chi connectivity index (χ4n) is 3.29. The molecule has 2 amide bonds. The zero-order valence-electron chi connectivity index (χ0n) is 18.0. The summed E-state index contributed by atoms with van der Waals surface area (Å²) < 4.78 is 42.0. The van der Waals surface area contributed by atoms with Crippen LogP contribution in [0.1, 0.15) is 19.7 Å². The lowest BCUT2D eigenvalue weighted by Gasteiger charge is -2.23. The van der Waals surface area contributed by atoms with Gasteiger partial charge in [-0.3, -0.25) is 14.5 Å². The summed E-state index contributed by atoms with van der Waals surface area (Å²) in [4.78, 5) is 30.9. The van der Waals surface area contributed by atoms with Gasteiger partial charge in [-0.25, -0.2) is 18.2 Å². The Morgan fingerprint density at radius 1 is 1.12 bits per heavy atom. The van der Waals surface area contributed by atoms with E-state index in [-0.39, 0.29) is 0 Å². The van der Waals surface area contributed by atoms with E-state index in [4.69, 9.17) is 0 Å². The molecule has 0 radical (unpaired) electrons. The monoisotopic (exact) mass is 447 g/mol. The van der Waals surface area contributed by atoms with Gasteiger partial charge in [0.15, 0.2) is 17.5 Å². The zero-order chi connectivity index (χ0) is 23.4. The number of hydrogen-bond acceptors (Lipinski definition) is 4. The second-order valence-electron chi connectivity index (χ2n) is 7.34. The Morgan fingerprint density at radius 2 is 1.84 bits per heavy atom. The fourth-order valence-corrected chi connectivity index (χ4v) is 3.29. The Morgan fingerprint density at radius 3 is 2.56 bits per heavy atom. The summed E-state index contributed by atoms with van der Waals surface area (Å²) in [6.45, 7) is 4.38. The summed E-state index contributed by atoms with van der Waals surface area (Å²) in [7, 11) is 1.76. The quantitative estimate of drug-likeness (QED) is 0.521. The molecule has 32 heavy (non-hydrogen) atoms. The minimum Gasteiger partial charge on any atom is -0.346 e. The molecule has 2 aromatic carbocycles. The molecule has 0 saturated heterocycles. The molecular weight excluding hydrogens is 423 g/mol. The molecule has 1 atom stereocenters. The summed E-state index contributed by atoms with van der Waals surface area (Å²) in [5.74, 6) is -4.93. The molecule has 0 unspecified atom stereocenters. The van der Waals surface area contributed by atoms with E-state index < -0.39 is 47.5 Å². The molecule has 0 spiro atoms. The highest BCUT2D eigenvalue weighted by molar-refractivity contribution is 5.95. The van der Waals surface area contributed by atoms with E-state index in [9.17, 15) is 22.8 Å². The number of halogens is 3. The normalized spacial score (nSPS) is 12.2. The predicted molar refractivity (Wildman–Crippen MR) is 114 cm³/mol. The lowest BCUT2D eigenvalue weighted by Crippen LogP contribution is -2.45. The first-order valence-corrected chi connectivity index (χ1v) is 10.1. The number of carbonyl (C=O) groups is 2. The first-order chi connectivity index (χ1) is 15.2. The third-order valence-electron chi connectivity index (χ3n) is 5.21. The van der Waals surface area contributed by atoms with E-state index >= 15 is 0 Å². The highest BCUT2D eigenvalue weighted by atomic mass is 19.2. The SMILES string of the molecule is CCn1c(CN(C)[C@@H](C)C(=O)NCC(=O)Nc2ccc(F)c(F)c2F)nc2ccccc21. The van der Waals surface area contributed by atoms with Crippen LogP contribution in [0.5, 0.6) is 0 Å². The molecule has 0 bridgehead atoms. The van der Waals surface area contributed by atoms with Crippen molar-refractivity contribution in [3.8, 4) is 0 Å². The first-order valence-electron chi connectivity index (χ1n) is 10.1. The van der Waals surface area contributed by atoms with Crippen molar-refractivity contribution in [3.05, 3.63) is 59.7 Å². The van der Waals surface area contributed by atoms with Crippen molar-refractivity contribution in [1.82, 2.24) is 19.8 Å². The third kappa shape index (κ3) is 4.91. The van der Waals surface area contributed by atoms with Crippen LogP contribution >= 0.6 is 0 Å². The average molecular weight is 447 g/mol. The lowest BCUT2D eigenvalue weighted by atomic mass is 10.2. The van der Waals surface area contributed by atoms with E-state index in [0.29, 0.717) is 12.6 Å². The first kappa shape index (κ1) is 23.3. The number of anilines is 1. The Labute approximate surface area is 183 Å². The van der Waals surface area contributed by atoms with Crippen LogP contribution in [0.15, 0.2) is 36.4 Å². The largest absolute Gasteiger partial charge is 0.346 e. The van der Waals surface area contributed by atoms with Crippen molar-refractivity contribution in [2.45, 2.75) is 33.0 Å². The molecule has 170 valence electrons. The van der Waals surface area contributed by atoms with Crippen LogP contribution in [-0.4, -0.2) is 45.9 Å². The number of nitrogens with one attached hydrogen (secondary N) is 2. The van der Waals surface area contributed by atoms with E-state index in [1.165, 1.54) is 0 Å². The van der Waals surface area contributed by atoms with Gasteiger partial charge in [-0.2, -0.15) is 0 Å². The van der Waals surface area contributed by atoms with E-state index in [1.54, 1.807) is 18.9 Å². The number of fused-ring (bicyclic) bond motifs is 1. The number of hydrogen-bond donors (Lipinski definition) is 2. The second-order valence-corrected chi connectivity index (χ2v) is 7.34. The van der Waals surface area contributed by atoms with Crippen LogP contribution in [0.4, 0.5) is 18.9 Å². The Balaban J connectivity index is 1.57. The molecule has 0 aliphatic carbocycles. The lowest BCUT2D eigenvalue weighted by molar-refractivity contribution is -0.127. The van der Waals surface area contributed by atoms with E-state index in [0.717, 1.165) is 29.5 Å². The van der Waals surface area contributed by atoms with Crippen molar-refractivity contribution >= 4 is 28.5 Å². The number of carbonyl (C=O) groups excluding carboxylic acids is 2. The molecule has 7 nitrogen and oxygen atoms in total. The molecule has 1 aromatic heterocycles. The van der Waals surface area contributed by atoms with Crippen molar-refractivity contribution in [1.29, 1.82) is 0 Å². The van der Waals surface area contributed by atoms with Crippen molar-refractivity contribution in [3.63, 3.8) is 0 Å². The fraction of sp³-hybridized carbons (Fsp3) is 0.318. The van der Waals surface area contributed by atoms with Crippen LogP contribution in [0.2, 0.25) is 0 Å². The number of likely N-dealkylation sites (N-methyl/N-ethyl adjacent to an activating group) is 1. The Hall–Kier alpha value is -3.40. The summed E-state index contributed by atoms with van der Waals surface area (Å²) in [5.41, 5.74) is 1.37. The molecule has 0 aliphatic heterocycles. The number of amides is 2. The van der Waals surface area contributed by atoms with Gasteiger partial charge < -0.3 is 15.2 Å². The van der Waals surface area contributed by atoms with Gasteiger partial charge in [0.05, 0.1) is 35.9 Å². The summed E-state index contributed by atoms with van der Waals surface area (Å²) in [5, 5.41) is 4.57. The predicted octanol–water partition coefficient (Wildman–Crippen LogP) is 3.05. The number of aryl methyl sites for hydroxylation is 1. The van der Waals surface area contributed by atoms with Gasteiger partial charge in [0.25, 0.3) is 0 Å². The smallest absolute Gasteiger partial charge is 0.243 e. The van der Waals surface area contributed by atoms with Crippen LogP contribution in [0.25, 0.3) is 11.0 Å². The molecule has 3 rings (SSSR count). The maximum absolute atomic E-state index is 13.7. The minimum atomic E-state index is -1.68. The summed E-state index contributed by atoms with van der Waals surface area (Å²) >= 11 is 0. The average Bonchev–Trinajstić information content (AvgIpc) is 3.14. The number of imidazole rings is 1. The number of benzene rings is 2. The second kappa shape index (κ2) is 9.82. The van der Waals surface area contributed by atoms with Crippen molar-refractivity contribution in [2.24, 2.45) is 0 Å². The van der Waals surface area contributed by atoms with E-state index in [2.05, 4.69) is 20.2 Å². The molecule has 0 aliphatic rings. The van der Waals surface area contributed by atoms with Gasteiger partial charge in [0.1, 0.15) is 5.82 Å². The number of rotatable bonds is 8. The van der Waals surface area contributed by atoms with Gasteiger partial charge in [-0.05, 0) is 45.2 Å². The van der Waals surface area contributed by atoms with Gasteiger partial charge in [0.2, 0.25) is 11.8 Å². The standard InChI is InChI=1S/C22H24F3N5O2/c1-4-30-17-8-6-5-7-15(17)27-18(30)12-29(3)13(2)22(32)26-11-19(31)28-16-10-9-14(23)20(24)21(16)25/h5-10,13H,4,11-12H2,1-3H3,(H,26,32)(H,28,31)/t13-/m0/s1. The maximum atomic E-state index is 13.7. The minimum absolute atomic E-state index is 0.406. The van der Waals surface area contributed by atoms with Crippen LogP contribution < -0.4 is 10.6 Å². The number of nitrogens with zero attached hydrogens (tertiary/aromatic N) is 3. The van der Waals surface area contributed by atoms with Gasteiger partial charge in [0, 0.05) is 6.54 Å². The Kier molecular flexibility index (Phi) is 7.14. The van der Waals surface area contributed by atoms with Crippen LogP contribution in [0.3, 0.4) is 0 Å². The van der Waals surface area contributed by atoms with E-state index in [1.807, 2.05) is 31.2 Å². The topological polar surface area (TPSA) is 79.3 Å². The molecule has 3 aromatic rings. The van der Waals surface area contributed by atoms with Gasteiger partial charge in [-0.15, -0.1) is 0 Å². The zero-order valence-corrected chi connectivity index (χ0v) is 18.0. The maximum Gasteiger partial charge on any atom is 0.243 e.